The van der Waals surface area contributed by atoms with Gasteiger partial charge in [0.1, 0.15) is 0 Å². The first-order chi connectivity index (χ1) is 8.90. The molecule has 0 bridgehead atoms. The highest BCUT2D eigenvalue weighted by atomic mass is 28.5. The van der Waals surface area contributed by atoms with Gasteiger partial charge in [0.15, 0.2) is 16.6 Å². The highest BCUT2D eigenvalue weighted by molar-refractivity contribution is 6.90. The molecule has 0 rings (SSSR count). The summed E-state index contributed by atoms with van der Waals surface area (Å²) in [5.74, 6) is 0. The zero-order chi connectivity index (χ0) is 16.0. The summed E-state index contributed by atoms with van der Waals surface area (Å²) in [6, 6.07) is 0. The molecule has 0 unspecified atom stereocenters. The van der Waals surface area contributed by atoms with Crippen molar-refractivity contribution in [2.45, 2.75) is 84.9 Å². The van der Waals surface area contributed by atoms with Crippen molar-refractivity contribution in [1.82, 2.24) is 0 Å². The molecular weight excluding hydrogens is 296 g/mol. The lowest BCUT2D eigenvalue weighted by atomic mass is 10.1. The topological polar surface area (TPSA) is 18.5 Å². The van der Waals surface area contributed by atoms with E-state index in [1.807, 2.05) is 0 Å². The molecule has 120 valence electrons. The van der Waals surface area contributed by atoms with Crippen LogP contribution in [-0.4, -0.2) is 25.2 Å². The Bertz CT molecular complexity index is 287. The van der Waals surface area contributed by atoms with Gasteiger partial charge in [0.2, 0.25) is 0 Å². The van der Waals surface area contributed by atoms with Crippen molar-refractivity contribution in [1.29, 1.82) is 0 Å². The predicted octanol–water partition coefficient (Wildman–Crippen LogP) is 5.83. The molecule has 0 N–H and O–H groups in total. The van der Waals surface area contributed by atoms with Crippen molar-refractivity contribution < 1.29 is 8.23 Å². The second-order valence-electron chi connectivity index (χ2n) is 7.79. The van der Waals surface area contributed by atoms with Crippen LogP contribution < -0.4 is 0 Å². The number of hydrogen-bond donors (Lipinski definition) is 0. The summed E-state index contributed by atoms with van der Waals surface area (Å²) in [5, 5.41) is 1.25. The minimum absolute atomic E-state index is 1.07. The van der Waals surface area contributed by atoms with Gasteiger partial charge in [-0.25, -0.2) is 0 Å². The Morgan fingerprint density at radius 2 is 1.25 bits per heavy atom. The van der Waals surface area contributed by atoms with E-state index in [2.05, 4.69) is 59.3 Å². The quantitative estimate of drug-likeness (QED) is 0.370. The second kappa shape index (κ2) is 8.08. The molecule has 5 heteroatoms. The molecular formula is C15H36O2Si3. The van der Waals surface area contributed by atoms with Crippen LogP contribution in [0.25, 0.3) is 0 Å². The first-order valence-corrected chi connectivity index (χ1v) is 17.1. The average Bonchev–Trinajstić information content (AvgIpc) is 2.18. The van der Waals surface area contributed by atoms with Crippen molar-refractivity contribution in [3.05, 3.63) is 11.8 Å². The zero-order valence-corrected chi connectivity index (χ0v) is 18.1. The Morgan fingerprint density at radius 3 is 1.60 bits per heavy atom. The predicted molar refractivity (Wildman–Crippen MR) is 98.4 cm³/mol. The summed E-state index contributed by atoms with van der Waals surface area (Å²) in [7, 11) is -5.48. The van der Waals surface area contributed by atoms with E-state index in [1.165, 1.54) is 30.9 Å². The maximum atomic E-state index is 6.51. The third kappa shape index (κ3) is 9.28. The molecule has 0 aromatic carbocycles. The molecule has 0 heterocycles. The number of rotatable bonds is 10. The lowest BCUT2D eigenvalue weighted by Crippen LogP contribution is -2.54. The smallest absolute Gasteiger partial charge is 0.344 e. The largest absolute Gasteiger partial charge is 0.434 e. The Hall–Kier alpha value is 0.311. The van der Waals surface area contributed by atoms with Gasteiger partial charge < -0.3 is 8.23 Å². The maximum absolute atomic E-state index is 6.51. The summed E-state index contributed by atoms with van der Waals surface area (Å²) >= 11 is 0. The van der Waals surface area contributed by atoms with E-state index in [4.69, 9.17) is 8.23 Å². The van der Waals surface area contributed by atoms with Gasteiger partial charge in [-0.05, 0) is 63.9 Å². The fourth-order valence-corrected chi connectivity index (χ4v) is 14.0. The van der Waals surface area contributed by atoms with E-state index >= 15 is 0 Å². The van der Waals surface area contributed by atoms with E-state index in [1.54, 1.807) is 0 Å². The first-order valence-electron chi connectivity index (χ1n) is 7.98. The average molecular weight is 333 g/mol. The van der Waals surface area contributed by atoms with Gasteiger partial charge in [-0.2, -0.15) is 0 Å². The van der Waals surface area contributed by atoms with Crippen LogP contribution in [0.5, 0.6) is 0 Å². The van der Waals surface area contributed by atoms with Crippen LogP contribution in [0.15, 0.2) is 11.8 Å². The highest BCUT2D eigenvalue weighted by Crippen LogP contribution is 2.29. The lowest BCUT2D eigenvalue weighted by Gasteiger charge is -2.39. The van der Waals surface area contributed by atoms with Crippen molar-refractivity contribution in [3.63, 3.8) is 0 Å². The van der Waals surface area contributed by atoms with Gasteiger partial charge >= 0.3 is 8.56 Å². The van der Waals surface area contributed by atoms with Crippen LogP contribution in [0.4, 0.5) is 0 Å². The minimum atomic E-state index is -2.25. The van der Waals surface area contributed by atoms with E-state index in [0.29, 0.717) is 0 Å². The normalized spacial score (nSPS) is 13.6. The summed E-state index contributed by atoms with van der Waals surface area (Å²) in [4.78, 5) is 0. The van der Waals surface area contributed by atoms with Gasteiger partial charge in [0.05, 0.1) is 0 Å². The summed E-state index contributed by atoms with van der Waals surface area (Å²) in [5.41, 5.74) is 0. The SMILES string of the molecule is C=C(CCCCCC)[Si](C)(O[Si](C)(C)C)O[Si](C)(C)C. The highest BCUT2D eigenvalue weighted by Gasteiger charge is 2.42. The fraction of sp³-hybridized carbons (Fsp3) is 0.867. The van der Waals surface area contributed by atoms with Gasteiger partial charge in [0, 0.05) is 0 Å². The van der Waals surface area contributed by atoms with E-state index in [0.717, 1.165) is 6.42 Å². The summed E-state index contributed by atoms with van der Waals surface area (Å²) < 4.78 is 13.0. The van der Waals surface area contributed by atoms with Crippen molar-refractivity contribution in [3.8, 4) is 0 Å². The van der Waals surface area contributed by atoms with Crippen molar-refractivity contribution in [2.75, 3.05) is 0 Å². The molecule has 0 aliphatic carbocycles. The van der Waals surface area contributed by atoms with Crippen LogP contribution in [0.2, 0.25) is 45.8 Å². The van der Waals surface area contributed by atoms with Crippen LogP contribution in [0, 0.1) is 0 Å². The molecule has 2 nitrogen and oxygen atoms in total. The first kappa shape index (κ1) is 20.3. The molecule has 0 aliphatic rings. The van der Waals surface area contributed by atoms with Gasteiger partial charge in [-0.3, -0.25) is 0 Å². The molecule has 0 fully saturated rings. The summed E-state index contributed by atoms with van der Waals surface area (Å²) in [6.45, 7) is 22.3. The number of hydrogen-bond acceptors (Lipinski definition) is 2. The molecule has 20 heavy (non-hydrogen) atoms. The summed E-state index contributed by atoms with van der Waals surface area (Å²) in [6.07, 6.45) is 6.17. The monoisotopic (exact) mass is 332 g/mol. The second-order valence-corrected chi connectivity index (χ2v) is 20.5. The molecule has 0 saturated heterocycles. The van der Waals surface area contributed by atoms with Gasteiger partial charge in [0.25, 0.3) is 0 Å². The van der Waals surface area contributed by atoms with E-state index in [9.17, 15) is 0 Å². The third-order valence-electron chi connectivity index (χ3n) is 2.98. The molecule has 0 aromatic heterocycles. The Kier molecular flexibility index (Phi) is 8.20. The van der Waals surface area contributed by atoms with E-state index < -0.39 is 25.2 Å². The molecule has 0 radical (unpaired) electrons. The molecule has 0 spiro atoms. The van der Waals surface area contributed by atoms with Crippen LogP contribution in [0.1, 0.15) is 39.0 Å². The maximum Gasteiger partial charge on any atom is 0.344 e. The Labute approximate surface area is 130 Å². The fourth-order valence-electron chi connectivity index (χ4n) is 2.33. The van der Waals surface area contributed by atoms with E-state index in [-0.39, 0.29) is 0 Å². The Morgan fingerprint density at radius 1 is 0.800 bits per heavy atom. The van der Waals surface area contributed by atoms with Crippen LogP contribution in [-0.2, 0) is 8.23 Å². The Balaban J connectivity index is 4.79. The number of allylic oxidation sites excluding steroid dienone is 1. The molecule has 0 aliphatic heterocycles. The van der Waals surface area contributed by atoms with Crippen LogP contribution in [0.3, 0.4) is 0 Å². The van der Waals surface area contributed by atoms with Gasteiger partial charge in [-0.1, -0.05) is 32.8 Å². The number of unbranched alkanes of at least 4 members (excludes halogenated alkanes) is 3. The molecule has 0 saturated carbocycles. The van der Waals surface area contributed by atoms with Gasteiger partial charge in [-0.15, -0.1) is 0 Å². The molecule has 0 aromatic rings. The van der Waals surface area contributed by atoms with Crippen molar-refractivity contribution >= 4 is 25.2 Å². The zero-order valence-electron chi connectivity index (χ0n) is 15.1. The van der Waals surface area contributed by atoms with Crippen LogP contribution >= 0.6 is 0 Å². The minimum Gasteiger partial charge on any atom is -0.434 e. The molecule has 0 amide bonds. The standard InChI is InChI=1S/C15H36O2Si3/c1-10-11-12-13-14-15(2)20(9,16-18(3,4)5)17-19(6,7)8/h2,10-14H2,1,3-9H3. The molecule has 0 atom stereocenters. The van der Waals surface area contributed by atoms with Crippen molar-refractivity contribution in [2.24, 2.45) is 0 Å². The lowest BCUT2D eigenvalue weighted by molar-refractivity contribution is 0.394. The third-order valence-corrected chi connectivity index (χ3v) is 12.5.